The molecule has 1 aliphatic heterocycles. The fourth-order valence-electron chi connectivity index (χ4n) is 2.62. The maximum absolute atomic E-state index is 4.80. The van der Waals surface area contributed by atoms with E-state index in [1.807, 2.05) is 18.2 Å². The predicted molar refractivity (Wildman–Crippen MR) is 85.8 cm³/mol. The average molecular weight is 279 g/mol. The van der Waals surface area contributed by atoms with E-state index in [9.17, 15) is 0 Å². The predicted octanol–water partition coefficient (Wildman–Crippen LogP) is 4.11. The first-order valence-electron chi connectivity index (χ1n) is 6.53. The van der Waals surface area contributed by atoms with E-state index in [2.05, 4.69) is 41.2 Å². The molecule has 98 valence electrons. The number of imidazole rings is 1. The molecule has 0 amide bonds. The minimum absolute atomic E-state index is 0.783. The summed E-state index contributed by atoms with van der Waals surface area (Å²) in [7, 11) is 0. The van der Waals surface area contributed by atoms with Crippen molar-refractivity contribution in [3.8, 4) is 11.4 Å². The molecular formula is C16H13N3S. The van der Waals surface area contributed by atoms with E-state index in [0.717, 1.165) is 34.2 Å². The molecule has 3 nitrogen and oxygen atoms in total. The van der Waals surface area contributed by atoms with Crippen LogP contribution in [0.1, 0.15) is 0 Å². The van der Waals surface area contributed by atoms with Crippen molar-refractivity contribution in [3.63, 3.8) is 0 Å². The van der Waals surface area contributed by atoms with Crippen molar-refractivity contribution in [3.05, 3.63) is 48.5 Å². The van der Waals surface area contributed by atoms with Gasteiger partial charge in [-0.1, -0.05) is 24.3 Å². The first-order valence-corrected chi connectivity index (χ1v) is 7.75. The molecule has 0 saturated heterocycles. The van der Waals surface area contributed by atoms with Crippen molar-refractivity contribution < 1.29 is 0 Å². The molecule has 0 spiro atoms. The lowest BCUT2D eigenvalue weighted by molar-refractivity contribution is 0.907. The van der Waals surface area contributed by atoms with E-state index in [0.29, 0.717) is 0 Å². The maximum atomic E-state index is 4.80. The second kappa shape index (κ2) is 4.49. The normalized spacial score (nSPS) is 13.6. The van der Waals surface area contributed by atoms with Gasteiger partial charge >= 0.3 is 0 Å². The van der Waals surface area contributed by atoms with E-state index in [1.165, 1.54) is 5.52 Å². The Morgan fingerprint density at radius 2 is 1.85 bits per heavy atom. The number of benzene rings is 2. The van der Waals surface area contributed by atoms with Gasteiger partial charge in [-0.2, -0.15) is 0 Å². The van der Waals surface area contributed by atoms with Gasteiger partial charge in [0.2, 0.25) is 0 Å². The van der Waals surface area contributed by atoms with Crippen LogP contribution in [0.3, 0.4) is 0 Å². The fourth-order valence-corrected chi connectivity index (χ4v) is 3.06. The van der Waals surface area contributed by atoms with Gasteiger partial charge in [0.1, 0.15) is 5.82 Å². The molecule has 0 N–H and O–H groups in total. The van der Waals surface area contributed by atoms with Gasteiger partial charge in [-0.05, 0) is 30.5 Å². The Hall–Kier alpha value is -2.07. The lowest BCUT2D eigenvalue weighted by atomic mass is 10.2. The summed E-state index contributed by atoms with van der Waals surface area (Å²) >= 11 is 1.70. The summed E-state index contributed by atoms with van der Waals surface area (Å²) in [4.78, 5) is 9.57. The summed E-state index contributed by atoms with van der Waals surface area (Å²) in [6, 6.07) is 16.5. The number of rotatable bonds is 0. The van der Waals surface area contributed by atoms with Gasteiger partial charge in [0.25, 0.3) is 0 Å². The summed E-state index contributed by atoms with van der Waals surface area (Å²) in [5.74, 6) is 1.01. The summed E-state index contributed by atoms with van der Waals surface area (Å²) < 4.78 is 2.26. The summed E-state index contributed by atoms with van der Waals surface area (Å²) in [5, 5.41) is 1.11. The first kappa shape index (κ1) is 11.7. The van der Waals surface area contributed by atoms with Gasteiger partial charge in [0, 0.05) is 5.56 Å². The molecule has 0 bridgehead atoms. The molecule has 0 fully saturated rings. The van der Waals surface area contributed by atoms with Crippen LogP contribution >= 0.6 is 11.8 Å². The lowest BCUT2D eigenvalue weighted by Gasteiger charge is -2.06. The number of nitrogens with zero attached hydrogens (tertiary/aromatic N) is 3. The molecule has 1 aliphatic rings. The standard InChI is InChI=1S/C16H13N3S/c1-20-15-10-19-14-9-5-4-8-13(14)18-16(19)11-6-2-3-7-12(11)17-15/h2-9H,10H2,1H3. The van der Waals surface area contributed by atoms with Gasteiger partial charge in [-0.15, -0.1) is 11.8 Å². The van der Waals surface area contributed by atoms with Gasteiger partial charge < -0.3 is 4.57 Å². The molecule has 4 heteroatoms. The van der Waals surface area contributed by atoms with Crippen LogP contribution in [-0.2, 0) is 6.54 Å². The maximum Gasteiger partial charge on any atom is 0.143 e. The van der Waals surface area contributed by atoms with Crippen LogP contribution in [-0.4, -0.2) is 20.9 Å². The Balaban J connectivity index is 2.09. The number of hydrogen-bond acceptors (Lipinski definition) is 3. The van der Waals surface area contributed by atoms with Crippen molar-refractivity contribution in [2.45, 2.75) is 6.54 Å². The van der Waals surface area contributed by atoms with Crippen LogP contribution in [0.2, 0.25) is 0 Å². The third kappa shape index (κ3) is 1.68. The van der Waals surface area contributed by atoms with Crippen molar-refractivity contribution in [1.29, 1.82) is 0 Å². The van der Waals surface area contributed by atoms with Gasteiger partial charge in [0.05, 0.1) is 28.3 Å². The average Bonchev–Trinajstić information content (AvgIpc) is 2.77. The van der Waals surface area contributed by atoms with Crippen molar-refractivity contribution >= 4 is 33.5 Å². The van der Waals surface area contributed by atoms with Gasteiger partial charge in [0.15, 0.2) is 0 Å². The molecule has 0 aliphatic carbocycles. The van der Waals surface area contributed by atoms with Crippen LogP contribution in [0.25, 0.3) is 22.4 Å². The largest absolute Gasteiger partial charge is 0.317 e. The van der Waals surface area contributed by atoms with Crippen molar-refractivity contribution in [2.24, 2.45) is 4.99 Å². The smallest absolute Gasteiger partial charge is 0.143 e. The quantitative estimate of drug-likeness (QED) is 0.620. The lowest BCUT2D eigenvalue weighted by Crippen LogP contribution is -2.05. The Kier molecular flexibility index (Phi) is 2.63. The molecule has 3 aromatic rings. The van der Waals surface area contributed by atoms with E-state index in [1.54, 1.807) is 11.8 Å². The molecule has 0 atom stereocenters. The topological polar surface area (TPSA) is 30.2 Å². The van der Waals surface area contributed by atoms with E-state index in [-0.39, 0.29) is 0 Å². The third-order valence-corrected chi connectivity index (χ3v) is 4.27. The number of para-hydroxylation sites is 3. The minimum Gasteiger partial charge on any atom is -0.317 e. The zero-order valence-corrected chi connectivity index (χ0v) is 11.9. The van der Waals surface area contributed by atoms with E-state index in [4.69, 9.17) is 9.98 Å². The fraction of sp³-hybridized carbons (Fsp3) is 0.125. The Bertz CT molecular complexity index is 833. The van der Waals surface area contributed by atoms with Gasteiger partial charge in [-0.25, -0.2) is 9.98 Å². The number of hydrogen-bond donors (Lipinski definition) is 0. The molecule has 2 aromatic carbocycles. The highest BCUT2D eigenvalue weighted by molar-refractivity contribution is 8.13. The number of fused-ring (bicyclic) bond motifs is 5. The SMILES string of the molecule is CSC1=Nc2ccccc2-c2nc3ccccc3n2C1. The molecule has 0 radical (unpaired) electrons. The summed E-state index contributed by atoms with van der Waals surface area (Å²) in [5.41, 5.74) is 4.32. The van der Waals surface area contributed by atoms with Crippen LogP contribution in [0.4, 0.5) is 5.69 Å². The monoisotopic (exact) mass is 279 g/mol. The van der Waals surface area contributed by atoms with Crippen molar-refractivity contribution in [2.75, 3.05) is 6.26 Å². The Morgan fingerprint density at radius 1 is 1.05 bits per heavy atom. The van der Waals surface area contributed by atoms with Crippen LogP contribution in [0.5, 0.6) is 0 Å². The van der Waals surface area contributed by atoms with E-state index >= 15 is 0 Å². The molecular weight excluding hydrogens is 266 g/mol. The number of aliphatic imine (C=N–C) groups is 1. The minimum atomic E-state index is 0.783. The van der Waals surface area contributed by atoms with Crippen LogP contribution < -0.4 is 0 Å². The zero-order valence-electron chi connectivity index (χ0n) is 11.1. The molecule has 1 aromatic heterocycles. The highest BCUT2D eigenvalue weighted by atomic mass is 32.2. The molecule has 0 saturated carbocycles. The highest BCUT2D eigenvalue weighted by Crippen LogP contribution is 2.35. The first-order chi connectivity index (χ1) is 9.86. The molecule has 2 heterocycles. The zero-order chi connectivity index (χ0) is 13.5. The molecule has 0 unspecified atom stereocenters. The Morgan fingerprint density at radius 3 is 2.75 bits per heavy atom. The highest BCUT2D eigenvalue weighted by Gasteiger charge is 2.19. The number of aromatic nitrogens is 2. The molecule has 20 heavy (non-hydrogen) atoms. The second-order valence-corrected chi connectivity index (χ2v) is 5.62. The van der Waals surface area contributed by atoms with Crippen LogP contribution in [0.15, 0.2) is 53.5 Å². The molecule has 4 rings (SSSR count). The van der Waals surface area contributed by atoms with Crippen molar-refractivity contribution in [1.82, 2.24) is 9.55 Å². The van der Waals surface area contributed by atoms with Crippen LogP contribution in [0, 0.1) is 0 Å². The van der Waals surface area contributed by atoms with Gasteiger partial charge in [-0.3, -0.25) is 0 Å². The Labute approximate surface area is 121 Å². The summed E-state index contributed by atoms with van der Waals surface area (Å²) in [6.07, 6.45) is 2.07. The number of thioether (sulfide) groups is 1. The third-order valence-electron chi connectivity index (χ3n) is 3.57. The second-order valence-electron chi connectivity index (χ2n) is 4.74. The summed E-state index contributed by atoms with van der Waals surface area (Å²) in [6.45, 7) is 0.783. The van der Waals surface area contributed by atoms with E-state index < -0.39 is 0 Å².